The normalized spacial score (nSPS) is 9.18. The summed E-state index contributed by atoms with van der Waals surface area (Å²) in [5.41, 5.74) is -0.307. The molecule has 0 aromatic carbocycles. The summed E-state index contributed by atoms with van der Waals surface area (Å²) < 4.78 is 0. The molecule has 0 unspecified atom stereocenters. The van der Waals surface area contributed by atoms with E-state index in [9.17, 15) is 9.59 Å². The third-order valence-electron chi connectivity index (χ3n) is 1.15. The van der Waals surface area contributed by atoms with Crippen molar-refractivity contribution >= 4 is 5.91 Å². The molecule has 0 saturated heterocycles. The van der Waals surface area contributed by atoms with Gasteiger partial charge in [-0.25, -0.2) is 9.78 Å². The van der Waals surface area contributed by atoms with Crippen LogP contribution in [0.15, 0.2) is 17.1 Å². The van der Waals surface area contributed by atoms with Gasteiger partial charge < -0.3 is 10.3 Å². The maximum absolute atomic E-state index is 10.9. The minimum Gasteiger partial charge on any atom is -0.354 e. The maximum Gasteiger partial charge on any atom is 0.345 e. The Morgan fingerprint density at radius 3 is 3.00 bits per heavy atom. The highest BCUT2D eigenvalue weighted by Gasteiger charge is 2.01. The second-order valence-electron chi connectivity index (χ2n) is 1.87. The topological polar surface area (TPSA) is 74.8 Å². The Hall–Kier alpha value is -1.65. The van der Waals surface area contributed by atoms with Gasteiger partial charge in [0.2, 0.25) is 0 Å². The summed E-state index contributed by atoms with van der Waals surface area (Å²) in [7, 11) is 1.49. The number of hydrogen-bond acceptors (Lipinski definition) is 3. The number of amides is 1. The minimum absolute atomic E-state index is 0.215. The van der Waals surface area contributed by atoms with E-state index < -0.39 is 5.69 Å². The van der Waals surface area contributed by atoms with E-state index in [0.29, 0.717) is 0 Å². The van der Waals surface area contributed by atoms with Crippen molar-refractivity contribution in [3.05, 3.63) is 28.4 Å². The Balaban J connectivity index is 3.05. The van der Waals surface area contributed by atoms with Gasteiger partial charge in [0.1, 0.15) is 5.69 Å². The summed E-state index contributed by atoms with van der Waals surface area (Å²) in [6, 6.07) is 1.43. The van der Waals surface area contributed by atoms with Crippen LogP contribution in [-0.2, 0) is 0 Å². The Morgan fingerprint density at radius 1 is 1.73 bits per heavy atom. The van der Waals surface area contributed by atoms with Gasteiger partial charge in [-0.1, -0.05) is 0 Å². The van der Waals surface area contributed by atoms with Gasteiger partial charge in [0, 0.05) is 13.2 Å². The molecule has 11 heavy (non-hydrogen) atoms. The number of aromatic amines is 1. The van der Waals surface area contributed by atoms with Crippen LogP contribution in [0.4, 0.5) is 0 Å². The van der Waals surface area contributed by atoms with Crippen LogP contribution in [-0.4, -0.2) is 22.9 Å². The van der Waals surface area contributed by atoms with Crippen molar-refractivity contribution in [3.8, 4) is 0 Å². The van der Waals surface area contributed by atoms with Crippen molar-refractivity contribution < 1.29 is 4.79 Å². The number of nitrogens with zero attached hydrogens (tertiary/aromatic N) is 1. The lowest BCUT2D eigenvalue weighted by Crippen LogP contribution is -2.23. The Morgan fingerprint density at radius 2 is 2.45 bits per heavy atom. The van der Waals surface area contributed by atoms with Crippen molar-refractivity contribution in [2.75, 3.05) is 7.05 Å². The maximum atomic E-state index is 10.9. The second-order valence-corrected chi connectivity index (χ2v) is 1.87. The molecule has 1 amide bonds. The zero-order valence-electron chi connectivity index (χ0n) is 5.92. The van der Waals surface area contributed by atoms with E-state index in [1.165, 1.54) is 19.3 Å². The molecule has 0 aliphatic rings. The lowest BCUT2D eigenvalue weighted by molar-refractivity contribution is 0.0957. The smallest absolute Gasteiger partial charge is 0.345 e. The first-order valence-electron chi connectivity index (χ1n) is 3.01. The van der Waals surface area contributed by atoms with Crippen LogP contribution in [0.25, 0.3) is 0 Å². The SMILES string of the molecule is CNC(=O)c1ccnc(=O)[nH]1. The summed E-state index contributed by atoms with van der Waals surface area (Å²) >= 11 is 0. The molecule has 0 aliphatic carbocycles. The third kappa shape index (κ3) is 1.64. The van der Waals surface area contributed by atoms with Gasteiger partial charge in [0.25, 0.3) is 5.91 Å². The molecular formula is C6H7N3O2. The van der Waals surface area contributed by atoms with E-state index in [-0.39, 0.29) is 11.6 Å². The van der Waals surface area contributed by atoms with E-state index in [0.717, 1.165) is 0 Å². The number of hydrogen-bond donors (Lipinski definition) is 2. The van der Waals surface area contributed by atoms with Crippen LogP contribution in [0.5, 0.6) is 0 Å². The summed E-state index contributed by atoms with van der Waals surface area (Å²) in [4.78, 5) is 27.1. The number of aromatic nitrogens is 2. The van der Waals surface area contributed by atoms with Gasteiger partial charge in [0.15, 0.2) is 0 Å². The number of H-pyrrole nitrogens is 1. The van der Waals surface area contributed by atoms with E-state index in [1.807, 2.05) is 0 Å². The van der Waals surface area contributed by atoms with Crippen LogP contribution < -0.4 is 11.0 Å². The lowest BCUT2D eigenvalue weighted by Gasteiger charge is -1.95. The van der Waals surface area contributed by atoms with Gasteiger partial charge in [-0.2, -0.15) is 0 Å². The molecule has 1 aromatic rings. The standard InChI is InChI=1S/C6H7N3O2/c1-7-5(10)4-2-3-8-6(11)9-4/h2-3H,1H3,(H,7,10)(H,8,9,11). The molecule has 2 N–H and O–H groups in total. The van der Waals surface area contributed by atoms with Crippen molar-refractivity contribution in [3.63, 3.8) is 0 Å². The molecule has 0 spiro atoms. The number of rotatable bonds is 1. The molecule has 1 rings (SSSR count). The predicted octanol–water partition coefficient (Wildman–Crippen LogP) is -0.871. The first-order chi connectivity index (χ1) is 5.24. The van der Waals surface area contributed by atoms with Gasteiger partial charge in [0.05, 0.1) is 0 Å². The van der Waals surface area contributed by atoms with Gasteiger partial charge in [-0.15, -0.1) is 0 Å². The molecule has 0 saturated carbocycles. The zero-order valence-corrected chi connectivity index (χ0v) is 5.92. The Kier molecular flexibility index (Phi) is 2.00. The monoisotopic (exact) mass is 153 g/mol. The minimum atomic E-state index is -0.522. The molecule has 1 heterocycles. The third-order valence-corrected chi connectivity index (χ3v) is 1.15. The molecule has 0 bridgehead atoms. The average Bonchev–Trinajstić information content (AvgIpc) is 2.03. The quantitative estimate of drug-likeness (QED) is 0.550. The number of nitrogens with one attached hydrogen (secondary N) is 2. The van der Waals surface area contributed by atoms with Crippen molar-refractivity contribution in [2.24, 2.45) is 0 Å². The molecule has 0 fully saturated rings. The van der Waals surface area contributed by atoms with E-state index in [1.54, 1.807) is 0 Å². The van der Waals surface area contributed by atoms with E-state index >= 15 is 0 Å². The summed E-state index contributed by atoms with van der Waals surface area (Å²) in [6.45, 7) is 0. The predicted molar refractivity (Wildman–Crippen MR) is 38.2 cm³/mol. The Labute approximate surface area is 62.5 Å². The van der Waals surface area contributed by atoms with Crippen LogP contribution >= 0.6 is 0 Å². The number of carbonyl (C=O) groups is 1. The number of carbonyl (C=O) groups excluding carboxylic acids is 1. The van der Waals surface area contributed by atoms with Crippen molar-refractivity contribution in [1.82, 2.24) is 15.3 Å². The first-order valence-corrected chi connectivity index (χ1v) is 3.01. The summed E-state index contributed by atoms with van der Waals surface area (Å²) in [6.07, 6.45) is 1.28. The fourth-order valence-corrected chi connectivity index (χ4v) is 0.636. The van der Waals surface area contributed by atoms with Gasteiger partial charge in [-0.05, 0) is 6.07 Å². The second kappa shape index (κ2) is 2.96. The molecule has 58 valence electrons. The zero-order chi connectivity index (χ0) is 8.27. The summed E-state index contributed by atoms with van der Waals surface area (Å²) in [5.74, 6) is -0.329. The fourth-order valence-electron chi connectivity index (χ4n) is 0.636. The van der Waals surface area contributed by atoms with Crippen molar-refractivity contribution in [1.29, 1.82) is 0 Å². The average molecular weight is 153 g/mol. The van der Waals surface area contributed by atoms with Crippen LogP contribution in [0.1, 0.15) is 10.5 Å². The fraction of sp³-hybridized carbons (Fsp3) is 0.167. The molecule has 0 radical (unpaired) electrons. The highest BCUT2D eigenvalue weighted by molar-refractivity contribution is 5.91. The molecule has 5 heteroatoms. The highest BCUT2D eigenvalue weighted by atomic mass is 16.2. The van der Waals surface area contributed by atoms with Crippen LogP contribution in [0.2, 0.25) is 0 Å². The van der Waals surface area contributed by atoms with Gasteiger partial charge >= 0.3 is 5.69 Å². The Bertz CT molecular complexity index is 318. The van der Waals surface area contributed by atoms with E-state index in [4.69, 9.17) is 0 Å². The van der Waals surface area contributed by atoms with Crippen molar-refractivity contribution in [2.45, 2.75) is 0 Å². The van der Waals surface area contributed by atoms with E-state index in [2.05, 4.69) is 15.3 Å². The summed E-state index contributed by atoms with van der Waals surface area (Å²) in [5, 5.41) is 2.37. The van der Waals surface area contributed by atoms with Crippen LogP contribution in [0.3, 0.4) is 0 Å². The largest absolute Gasteiger partial charge is 0.354 e. The van der Waals surface area contributed by atoms with Gasteiger partial charge in [-0.3, -0.25) is 4.79 Å². The highest BCUT2D eigenvalue weighted by Crippen LogP contribution is 1.85. The first kappa shape index (κ1) is 7.46. The molecule has 0 atom stereocenters. The molecule has 1 aromatic heterocycles. The molecular weight excluding hydrogens is 146 g/mol. The molecule has 0 aliphatic heterocycles. The van der Waals surface area contributed by atoms with Crippen LogP contribution in [0, 0.1) is 0 Å². The lowest BCUT2D eigenvalue weighted by atomic mass is 10.4. The molecule has 5 nitrogen and oxygen atoms in total.